The molecular formula is C11H10ClIO3. The number of carbonyl (C=O) groups excluding carboxylic acids is 1. The third-order valence-corrected chi connectivity index (χ3v) is 3.67. The van der Waals surface area contributed by atoms with Crippen LogP contribution in [0.2, 0.25) is 0 Å². The molecule has 1 aromatic rings. The molecule has 0 fully saturated rings. The van der Waals surface area contributed by atoms with E-state index in [1.165, 1.54) is 6.92 Å². The van der Waals surface area contributed by atoms with Gasteiger partial charge in [-0.25, -0.2) is 0 Å². The number of ketones is 1. The third-order valence-electron chi connectivity index (χ3n) is 2.11. The van der Waals surface area contributed by atoms with Crippen molar-refractivity contribution in [2.75, 3.05) is 0 Å². The number of hydrogen-bond acceptors (Lipinski definition) is 2. The number of alkyl halides is 1. The van der Waals surface area contributed by atoms with E-state index in [4.69, 9.17) is 16.7 Å². The van der Waals surface area contributed by atoms with Crippen LogP contribution in [0, 0.1) is 3.57 Å². The Morgan fingerprint density at radius 1 is 1.50 bits per heavy atom. The summed E-state index contributed by atoms with van der Waals surface area (Å²) in [5.74, 6) is -1.12. The minimum absolute atomic E-state index is 0.120. The van der Waals surface area contributed by atoms with E-state index in [1.807, 2.05) is 22.6 Å². The number of rotatable bonds is 4. The average molecular weight is 353 g/mol. The largest absolute Gasteiger partial charge is 0.481 e. The number of benzene rings is 1. The smallest absolute Gasteiger partial charge is 0.307 e. The van der Waals surface area contributed by atoms with Crippen molar-refractivity contribution in [1.29, 1.82) is 0 Å². The van der Waals surface area contributed by atoms with Crippen LogP contribution in [0.25, 0.3) is 0 Å². The molecule has 0 heterocycles. The fraction of sp³-hybridized carbons (Fsp3) is 0.273. The number of hydrogen-bond donors (Lipinski definition) is 1. The van der Waals surface area contributed by atoms with Gasteiger partial charge in [0.1, 0.15) is 5.38 Å². The monoisotopic (exact) mass is 352 g/mol. The van der Waals surface area contributed by atoms with Crippen molar-refractivity contribution in [3.05, 3.63) is 32.9 Å². The van der Waals surface area contributed by atoms with Gasteiger partial charge in [-0.2, -0.15) is 0 Å². The Morgan fingerprint density at radius 2 is 2.12 bits per heavy atom. The molecule has 0 aliphatic carbocycles. The number of carboxylic acid groups (broad SMARTS) is 1. The Kier molecular flexibility index (Phi) is 4.73. The second-order valence-corrected chi connectivity index (χ2v) is 4.95. The summed E-state index contributed by atoms with van der Waals surface area (Å²) in [5, 5.41) is 8.03. The minimum Gasteiger partial charge on any atom is -0.481 e. The van der Waals surface area contributed by atoms with Crippen LogP contribution < -0.4 is 0 Å². The second kappa shape index (κ2) is 5.63. The van der Waals surface area contributed by atoms with Crippen LogP contribution in [-0.4, -0.2) is 16.9 Å². The van der Waals surface area contributed by atoms with Gasteiger partial charge < -0.3 is 5.11 Å². The molecule has 1 rings (SSSR count). The van der Waals surface area contributed by atoms with E-state index in [1.54, 1.807) is 18.2 Å². The van der Waals surface area contributed by atoms with Gasteiger partial charge in [0, 0.05) is 3.57 Å². The van der Waals surface area contributed by atoms with Crippen molar-refractivity contribution in [1.82, 2.24) is 0 Å². The first-order valence-electron chi connectivity index (χ1n) is 4.57. The molecule has 0 aliphatic heterocycles. The molecule has 16 heavy (non-hydrogen) atoms. The summed E-state index contributed by atoms with van der Waals surface area (Å²) in [6, 6.07) is 5.26. The normalized spacial score (nSPS) is 12.2. The molecule has 3 nitrogen and oxygen atoms in total. The zero-order valence-corrected chi connectivity index (χ0v) is 11.4. The Balaban J connectivity index is 3.22. The molecule has 0 spiro atoms. The molecule has 0 bridgehead atoms. The molecule has 1 atom stereocenters. The van der Waals surface area contributed by atoms with Gasteiger partial charge in [-0.05, 0) is 46.7 Å². The van der Waals surface area contributed by atoms with Crippen LogP contribution in [0.5, 0.6) is 0 Å². The minimum atomic E-state index is -0.933. The summed E-state index contributed by atoms with van der Waals surface area (Å²) < 4.78 is 0.810. The predicted molar refractivity (Wildman–Crippen MR) is 69.8 cm³/mol. The molecule has 1 unspecified atom stereocenters. The fourth-order valence-electron chi connectivity index (χ4n) is 1.37. The number of carboxylic acids is 1. The van der Waals surface area contributed by atoms with E-state index in [0.717, 1.165) is 3.57 Å². The van der Waals surface area contributed by atoms with Gasteiger partial charge in [-0.15, -0.1) is 11.6 Å². The van der Waals surface area contributed by atoms with Crippen LogP contribution >= 0.6 is 34.2 Å². The zero-order chi connectivity index (χ0) is 12.3. The molecule has 86 valence electrons. The lowest BCUT2D eigenvalue weighted by atomic mass is 10.00. The maximum absolute atomic E-state index is 11.2. The maximum Gasteiger partial charge on any atom is 0.307 e. The van der Waals surface area contributed by atoms with Gasteiger partial charge in [0.25, 0.3) is 0 Å². The Labute approximate surface area is 112 Å². The first-order valence-corrected chi connectivity index (χ1v) is 6.08. The van der Waals surface area contributed by atoms with Crippen molar-refractivity contribution < 1.29 is 14.7 Å². The lowest BCUT2D eigenvalue weighted by molar-refractivity contribution is -0.136. The van der Waals surface area contributed by atoms with Crippen LogP contribution in [0.15, 0.2) is 18.2 Å². The lowest BCUT2D eigenvalue weighted by Crippen LogP contribution is -2.10. The molecule has 1 aromatic carbocycles. The van der Waals surface area contributed by atoms with Crippen LogP contribution in [0.1, 0.15) is 23.4 Å². The molecule has 0 aliphatic rings. The molecule has 0 radical (unpaired) electrons. The number of carbonyl (C=O) groups is 2. The number of halogens is 2. The van der Waals surface area contributed by atoms with E-state index >= 15 is 0 Å². The summed E-state index contributed by atoms with van der Waals surface area (Å²) in [4.78, 5) is 21.9. The molecule has 5 heteroatoms. The standard InChI is InChI=1S/C11H10ClIO3/c1-6(14)11(12)7-3-2-4-9(13)8(7)5-10(15)16/h2-4,11H,5H2,1H3,(H,15,16). The third kappa shape index (κ3) is 3.18. The highest BCUT2D eigenvalue weighted by atomic mass is 127. The van der Waals surface area contributed by atoms with E-state index in [9.17, 15) is 9.59 Å². The summed E-state index contributed by atoms with van der Waals surface area (Å²) in [6.45, 7) is 1.39. The van der Waals surface area contributed by atoms with E-state index in [-0.39, 0.29) is 12.2 Å². The highest BCUT2D eigenvalue weighted by molar-refractivity contribution is 14.1. The Morgan fingerprint density at radius 3 is 2.62 bits per heavy atom. The summed E-state index contributed by atoms with van der Waals surface area (Å²) >= 11 is 8.00. The SMILES string of the molecule is CC(=O)C(Cl)c1cccc(I)c1CC(=O)O. The first-order chi connectivity index (χ1) is 7.43. The average Bonchev–Trinajstić information content (AvgIpc) is 2.19. The predicted octanol–water partition coefficient (Wildman–Crippen LogP) is 2.79. The highest BCUT2D eigenvalue weighted by Crippen LogP contribution is 2.28. The van der Waals surface area contributed by atoms with Crippen molar-refractivity contribution in [3.63, 3.8) is 0 Å². The summed E-state index contributed by atoms with van der Waals surface area (Å²) in [7, 11) is 0. The van der Waals surface area contributed by atoms with E-state index in [0.29, 0.717) is 11.1 Å². The van der Waals surface area contributed by atoms with Crippen molar-refractivity contribution >= 4 is 45.9 Å². The number of Topliss-reactive ketones (excluding diaryl/α,β-unsaturated/α-hetero) is 1. The molecule has 1 N–H and O–H groups in total. The van der Waals surface area contributed by atoms with E-state index < -0.39 is 11.3 Å². The van der Waals surface area contributed by atoms with Crippen molar-refractivity contribution in [2.45, 2.75) is 18.7 Å². The molecule has 0 saturated carbocycles. The highest BCUT2D eigenvalue weighted by Gasteiger charge is 2.19. The van der Waals surface area contributed by atoms with Gasteiger partial charge in [0.2, 0.25) is 0 Å². The summed E-state index contributed by atoms with van der Waals surface area (Å²) in [6.07, 6.45) is -0.120. The van der Waals surface area contributed by atoms with Gasteiger partial charge in [0.05, 0.1) is 6.42 Å². The van der Waals surface area contributed by atoms with Gasteiger partial charge in [0.15, 0.2) is 5.78 Å². The Bertz CT molecular complexity index is 431. The van der Waals surface area contributed by atoms with Crippen LogP contribution in [0.4, 0.5) is 0 Å². The second-order valence-electron chi connectivity index (χ2n) is 3.35. The number of aliphatic carboxylic acids is 1. The van der Waals surface area contributed by atoms with Crippen LogP contribution in [-0.2, 0) is 16.0 Å². The Hall–Kier alpha value is -0.620. The van der Waals surface area contributed by atoms with Crippen molar-refractivity contribution in [2.24, 2.45) is 0 Å². The molecule has 0 amide bonds. The molecular weight excluding hydrogens is 342 g/mol. The topological polar surface area (TPSA) is 54.4 Å². The summed E-state index contributed by atoms with van der Waals surface area (Å²) in [5.41, 5.74) is 1.20. The van der Waals surface area contributed by atoms with E-state index in [2.05, 4.69) is 0 Å². The lowest BCUT2D eigenvalue weighted by Gasteiger charge is -2.12. The quantitative estimate of drug-likeness (QED) is 0.670. The zero-order valence-electron chi connectivity index (χ0n) is 8.54. The first kappa shape index (κ1) is 13.4. The maximum atomic E-state index is 11.2. The van der Waals surface area contributed by atoms with Gasteiger partial charge in [-0.1, -0.05) is 12.1 Å². The molecule has 0 saturated heterocycles. The molecule has 0 aromatic heterocycles. The van der Waals surface area contributed by atoms with Gasteiger partial charge in [-0.3, -0.25) is 9.59 Å². The van der Waals surface area contributed by atoms with Crippen LogP contribution in [0.3, 0.4) is 0 Å². The van der Waals surface area contributed by atoms with Crippen molar-refractivity contribution in [3.8, 4) is 0 Å². The fourth-order valence-corrected chi connectivity index (χ4v) is 2.28. The van der Waals surface area contributed by atoms with Gasteiger partial charge >= 0.3 is 5.97 Å².